The fourth-order valence-corrected chi connectivity index (χ4v) is 2.30. The molecule has 1 aliphatic heterocycles. The van der Waals surface area contributed by atoms with E-state index in [2.05, 4.69) is 0 Å². The minimum atomic E-state index is -1.21. The second-order valence-electron chi connectivity index (χ2n) is 4.30. The molecule has 1 heterocycles. The van der Waals surface area contributed by atoms with Gasteiger partial charge >= 0.3 is 5.97 Å². The van der Waals surface area contributed by atoms with Crippen LogP contribution in [-0.2, 0) is 4.79 Å². The number of carboxylic acids is 1. The molecule has 1 aromatic rings. The summed E-state index contributed by atoms with van der Waals surface area (Å²) in [5.74, 6) is -2.66. The minimum absolute atomic E-state index is 0.0476. The number of aliphatic carboxylic acids is 1. The highest BCUT2D eigenvalue weighted by molar-refractivity contribution is 6.34. The maximum atomic E-state index is 13.3. The molecule has 1 aromatic carbocycles. The number of amides is 1. The smallest absolute Gasteiger partial charge is 0.326 e. The third-order valence-electron chi connectivity index (χ3n) is 3.01. The van der Waals surface area contributed by atoms with Crippen LogP contribution < -0.4 is 0 Å². The second-order valence-corrected chi connectivity index (χ2v) is 4.68. The monoisotopic (exact) mass is 287 g/mol. The Bertz CT molecular complexity index is 536. The van der Waals surface area contributed by atoms with Gasteiger partial charge in [-0.1, -0.05) is 17.7 Å². The molecule has 2 N–H and O–H groups in total. The Hall–Kier alpha value is -1.66. The highest BCUT2D eigenvalue weighted by atomic mass is 35.5. The molecule has 7 heteroatoms. The number of aliphatic hydroxyl groups is 1. The van der Waals surface area contributed by atoms with Gasteiger partial charge in [0.05, 0.1) is 16.7 Å². The van der Waals surface area contributed by atoms with Crippen LogP contribution in [0.3, 0.4) is 0 Å². The Morgan fingerprint density at radius 3 is 2.74 bits per heavy atom. The van der Waals surface area contributed by atoms with Crippen molar-refractivity contribution < 1.29 is 24.2 Å². The second kappa shape index (κ2) is 5.14. The average molecular weight is 288 g/mol. The lowest BCUT2D eigenvalue weighted by Crippen LogP contribution is -2.40. The summed E-state index contributed by atoms with van der Waals surface area (Å²) in [5.41, 5.74) is -0.109. The molecule has 0 aliphatic carbocycles. The SMILES string of the molecule is O=C(O)[C@@H]1CC(O)CN1C(=O)c1cccc(F)c1Cl. The van der Waals surface area contributed by atoms with Gasteiger partial charge in [0.15, 0.2) is 0 Å². The molecule has 0 bridgehead atoms. The summed E-state index contributed by atoms with van der Waals surface area (Å²) in [6, 6.07) is 2.61. The maximum Gasteiger partial charge on any atom is 0.326 e. The molecule has 19 heavy (non-hydrogen) atoms. The van der Waals surface area contributed by atoms with Gasteiger partial charge in [-0.15, -0.1) is 0 Å². The molecule has 0 saturated carbocycles. The molecule has 0 aromatic heterocycles. The van der Waals surface area contributed by atoms with Gasteiger partial charge in [0, 0.05) is 13.0 Å². The van der Waals surface area contributed by atoms with Gasteiger partial charge in [-0.2, -0.15) is 0 Å². The van der Waals surface area contributed by atoms with E-state index in [1.54, 1.807) is 0 Å². The van der Waals surface area contributed by atoms with Gasteiger partial charge in [-0.05, 0) is 12.1 Å². The van der Waals surface area contributed by atoms with E-state index in [0.29, 0.717) is 0 Å². The summed E-state index contributed by atoms with van der Waals surface area (Å²) in [7, 11) is 0. The molecule has 2 atom stereocenters. The zero-order valence-electron chi connectivity index (χ0n) is 9.72. The van der Waals surface area contributed by atoms with Crippen molar-refractivity contribution in [2.45, 2.75) is 18.6 Å². The number of aliphatic hydroxyl groups excluding tert-OH is 1. The number of hydrogen-bond donors (Lipinski definition) is 2. The van der Waals surface area contributed by atoms with E-state index in [4.69, 9.17) is 16.7 Å². The summed E-state index contributed by atoms with van der Waals surface area (Å²) in [5, 5.41) is 18.1. The number of carbonyl (C=O) groups is 2. The largest absolute Gasteiger partial charge is 0.480 e. The number of β-amino-alcohol motifs (C(OH)–C–C–N with tert-alkyl or cyclic N) is 1. The molecule has 1 amide bonds. The summed E-state index contributed by atoms with van der Waals surface area (Å²) >= 11 is 5.70. The van der Waals surface area contributed by atoms with E-state index in [1.807, 2.05) is 0 Å². The van der Waals surface area contributed by atoms with Crippen LogP contribution in [0.4, 0.5) is 4.39 Å². The molecule has 102 valence electrons. The Balaban J connectivity index is 2.33. The van der Waals surface area contributed by atoms with E-state index < -0.39 is 29.8 Å². The van der Waals surface area contributed by atoms with E-state index in [1.165, 1.54) is 12.1 Å². The standard InChI is InChI=1S/C12H11ClFNO4/c13-10-7(2-1-3-8(10)14)11(17)15-5-6(16)4-9(15)12(18)19/h1-3,6,9,16H,4-5H2,(H,18,19)/t6?,9-/m0/s1. The predicted octanol–water partition coefficient (Wildman–Crippen LogP) is 1.14. The number of rotatable bonds is 2. The Kier molecular flexibility index (Phi) is 3.73. The van der Waals surface area contributed by atoms with Crippen LogP contribution in [0.1, 0.15) is 16.8 Å². The van der Waals surface area contributed by atoms with Crippen molar-refractivity contribution in [1.82, 2.24) is 4.90 Å². The molecule has 0 spiro atoms. The van der Waals surface area contributed by atoms with Crippen molar-refractivity contribution in [2.75, 3.05) is 6.54 Å². The summed E-state index contributed by atoms with van der Waals surface area (Å²) in [6.07, 6.45) is -0.953. The maximum absolute atomic E-state index is 13.3. The van der Waals surface area contributed by atoms with Crippen LogP contribution in [0.25, 0.3) is 0 Å². The fourth-order valence-electron chi connectivity index (χ4n) is 2.10. The molecule has 1 unspecified atom stereocenters. The van der Waals surface area contributed by atoms with Crippen LogP contribution in [0.2, 0.25) is 5.02 Å². The van der Waals surface area contributed by atoms with Crippen molar-refractivity contribution in [1.29, 1.82) is 0 Å². The van der Waals surface area contributed by atoms with Gasteiger partial charge in [-0.25, -0.2) is 9.18 Å². The minimum Gasteiger partial charge on any atom is -0.480 e. The third kappa shape index (κ3) is 2.54. The van der Waals surface area contributed by atoms with Gasteiger partial charge in [0.25, 0.3) is 5.91 Å². The van der Waals surface area contributed by atoms with Crippen molar-refractivity contribution in [3.63, 3.8) is 0 Å². The number of halogens is 2. The first-order valence-corrected chi connectivity index (χ1v) is 5.95. The lowest BCUT2D eigenvalue weighted by molar-refractivity contribution is -0.141. The topological polar surface area (TPSA) is 77.8 Å². The quantitative estimate of drug-likeness (QED) is 0.855. The van der Waals surface area contributed by atoms with Gasteiger partial charge in [0.1, 0.15) is 11.9 Å². The highest BCUT2D eigenvalue weighted by Gasteiger charge is 2.39. The first-order valence-electron chi connectivity index (χ1n) is 5.57. The fraction of sp³-hybridized carbons (Fsp3) is 0.333. The normalized spacial score (nSPS) is 22.6. The van der Waals surface area contributed by atoms with Crippen LogP contribution in [-0.4, -0.2) is 45.7 Å². The lowest BCUT2D eigenvalue weighted by Gasteiger charge is -2.21. The van der Waals surface area contributed by atoms with Crippen molar-refractivity contribution >= 4 is 23.5 Å². The summed E-state index contributed by atoms with van der Waals surface area (Å²) in [4.78, 5) is 24.2. The molecule has 0 radical (unpaired) electrons. The van der Waals surface area contributed by atoms with E-state index in [9.17, 15) is 19.1 Å². The Morgan fingerprint density at radius 1 is 1.42 bits per heavy atom. The van der Waals surface area contributed by atoms with Crippen molar-refractivity contribution in [2.24, 2.45) is 0 Å². The molecule has 1 aliphatic rings. The Morgan fingerprint density at radius 2 is 2.11 bits per heavy atom. The van der Waals surface area contributed by atoms with Gasteiger partial charge in [0.2, 0.25) is 0 Å². The first-order chi connectivity index (χ1) is 8.91. The number of nitrogens with zero attached hydrogens (tertiary/aromatic N) is 1. The lowest BCUT2D eigenvalue weighted by atomic mass is 10.1. The van der Waals surface area contributed by atoms with E-state index in [0.717, 1.165) is 11.0 Å². The molecular weight excluding hydrogens is 277 g/mol. The number of benzene rings is 1. The van der Waals surface area contributed by atoms with Crippen molar-refractivity contribution in [3.8, 4) is 0 Å². The van der Waals surface area contributed by atoms with Crippen LogP contribution in [0.15, 0.2) is 18.2 Å². The highest BCUT2D eigenvalue weighted by Crippen LogP contribution is 2.25. The van der Waals surface area contributed by atoms with Crippen LogP contribution in [0, 0.1) is 5.82 Å². The number of carbonyl (C=O) groups excluding carboxylic acids is 1. The van der Waals surface area contributed by atoms with E-state index in [-0.39, 0.29) is 23.6 Å². The Labute approximate surface area is 113 Å². The number of likely N-dealkylation sites (tertiary alicyclic amines) is 1. The zero-order valence-corrected chi connectivity index (χ0v) is 10.5. The molecule has 5 nitrogen and oxygen atoms in total. The van der Waals surface area contributed by atoms with Gasteiger partial charge < -0.3 is 15.1 Å². The van der Waals surface area contributed by atoms with Gasteiger partial charge in [-0.3, -0.25) is 4.79 Å². The van der Waals surface area contributed by atoms with Crippen molar-refractivity contribution in [3.05, 3.63) is 34.6 Å². The van der Waals surface area contributed by atoms with E-state index >= 15 is 0 Å². The molecule has 1 saturated heterocycles. The molecule has 1 fully saturated rings. The molecular formula is C12H11ClFNO4. The molecule has 2 rings (SSSR count). The van der Waals surface area contributed by atoms with Crippen LogP contribution >= 0.6 is 11.6 Å². The predicted molar refractivity (Wildman–Crippen MR) is 64.5 cm³/mol. The number of hydrogen-bond acceptors (Lipinski definition) is 3. The number of carboxylic acid groups (broad SMARTS) is 1. The third-order valence-corrected chi connectivity index (χ3v) is 3.39. The van der Waals surface area contributed by atoms with Crippen LogP contribution in [0.5, 0.6) is 0 Å². The first kappa shape index (κ1) is 13.8. The summed E-state index contributed by atoms with van der Waals surface area (Å²) in [6.45, 7) is -0.108. The summed E-state index contributed by atoms with van der Waals surface area (Å²) < 4.78 is 13.3. The average Bonchev–Trinajstić information content (AvgIpc) is 2.74. The zero-order chi connectivity index (χ0) is 14.2.